The highest BCUT2D eigenvalue weighted by molar-refractivity contribution is 5.94. The van der Waals surface area contributed by atoms with Gasteiger partial charge in [-0.05, 0) is 43.3 Å². The second-order valence-electron chi connectivity index (χ2n) is 6.59. The van der Waals surface area contributed by atoms with Gasteiger partial charge in [-0.15, -0.1) is 0 Å². The summed E-state index contributed by atoms with van der Waals surface area (Å²) in [6.45, 7) is 1.93. The number of carbonyl (C=O) groups is 1. The summed E-state index contributed by atoms with van der Waals surface area (Å²) in [6.07, 6.45) is 9.10. The van der Waals surface area contributed by atoms with Crippen LogP contribution in [0.3, 0.4) is 0 Å². The first-order chi connectivity index (χ1) is 13.6. The maximum atomic E-state index is 13.1. The summed E-state index contributed by atoms with van der Waals surface area (Å²) in [5, 5.41) is 2.97. The number of fused-ring (bicyclic) bond motifs is 1. The molecule has 1 atom stereocenters. The van der Waals surface area contributed by atoms with Gasteiger partial charge in [0.1, 0.15) is 11.5 Å². The van der Waals surface area contributed by atoms with Crippen molar-refractivity contribution in [2.24, 2.45) is 0 Å². The zero-order chi connectivity index (χ0) is 19.5. The van der Waals surface area contributed by atoms with E-state index in [-0.39, 0.29) is 17.8 Å². The van der Waals surface area contributed by atoms with E-state index in [4.69, 9.17) is 0 Å². The Hall–Kier alpha value is -3.61. The number of aromatic nitrogens is 4. The molecule has 0 radical (unpaired) electrons. The number of halogens is 1. The smallest absolute Gasteiger partial charge is 0.252 e. The molecule has 3 aromatic heterocycles. The molecule has 4 aromatic rings. The van der Waals surface area contributed by atoms with Crippen LogP contribution in [0.2, 0.25) is 0 Å². The molecule has 3 heterocycles. The maximum absolute atomic E-state index is 13.1. The third-order valence-corrected chi connectivity index (χ3v) is 4.36. The molecule has 1 aromatic carbocycles. The SMILES string of the molecule is C[C@H](Cc1cnccn1)NC(=O)c1ccc2nc(-c3ccc(F)cc3)cn2c1. The van der Waals surface area contributed by atoms with Crippen LogP contribution in [-0.4, -0.2) is 31.3 Å². The quantitative estimate of drug-likeness (QED) is 0.581. The number of pyridine rings is 1. The van der Waals surface area contributed by atoms with Crippen molar-refractivity contribution in [2.75, 3.05) is 0 Å². The number of amides is 1. The maximum Gasteiger partial charge on any atom is 0.252 e. The normalized spacial score (nSPS) is 12.1. The average Bonchev–Trinajstić information content (AvgIpc) is 3.12. The van der Waals surface area contributed by atoms with Gasteiger partial charge in [0.15, 0.2) is 0 Å². The zero-order valence-corrected chi connectivity index (χ0v) is 15.2. The van der Waals surface area contributed by atoms with Gasteiger partial charge in [-0.2, -0.15) is 0 Å². The molecule has 0 fully saturated rings. The van der Waals surface area contributed by atoms with Crippen LogP contribution >= 0.6 is 0 Å². The molecule has 0 bridgehead atoms. The van der Waals surface area contributed by atoms with E-state index in [2.05, 4.69) is 20.3 Å². The highest BCUT2D eigenvalue weighted by atomic mass is 19.1. The molecular formula is C21H18FN5O. The molecule has 0 saturated heterocycles. The van der Waals surface area contributed by atoms with Gasteiger partial charge in [-0.3, -0.25) is 14.8 Å². The molecular weight excluding hydrogens is 357 g/mol. The lowest BCUT2D eigenvalue weighted by molar-refractivity contribution is 0.0939. The van der Waals surface area contributed by atoms with Crippen LogP contribution in [0.1, 0.15) is 23.0 Å². The number of rotatable bonds is 5. The molecule has 1 amide bonds. The van der Waals surface area contributed by atoms with Crippen molar-refractivity contribution in [3.63, 3.8) is 0 Å². The fraction of sp³-hybridized carbons (Fsp3) is 0.143. The Kier molecular flexibility index (Phi) is 4.80. The fourth-order valence-electron chi connectivity index (χ4n) is 2.99. The predicted molar refractivity (Wildman–Crippen MR) is 103 cm³/mol. The van der Waals surface area contributed by atoms with Gasteiger partial charge < -0.3 is 9.72 Å². The topological polar surface area (TPSA) is 72.2 Å². The van der Waals surface area contributed by atoms with Crippen molar-refractivity contribution < 1.29 is 9.18 Å². The summed E-state index contributed by atoms with van der Waals surface area (Å²) in [6, 6.07) is 9.60. The molecule has 7 heteroatoms. The fourth-order valence-corrected chi connectivity index (χ4v) is 2.99. The van der Waals surface area contributed by atoms with Crippen LogP contribution in [0.15, 0.2) is 67.4 Å². The highest BCUT2D eigenvalue weighted by Crippen LogP contribution is 2.20. The van der Waals surface area contributed by atoms with Crippen molar-refractivity contribution in [1.82, 2.24) is 24.7 Å². The molecule has 4 rings (SSSR count). The summed E-state index contributed by atoms with van der Waals surface area (Å²) in [5.74, 6) is -0.461. The van der Waals surface area contributed by atoms with Crippen molar-refractivity contribution in [3.05, 3.63) is 84.5 Å². The first-order valence-electron chi connectivity index (χ1n) is 8.89. The third-order valence-electron chi connectivity index (χ3n) is 4.36. The minimum absolute atomic E-state index is 0.0857. The van der Waals surface area contributed by atoms with E-state index in [0.29, 0.717) is 23.3 Å². The van der Waals surface area contributed by atoms with E-state index in [0.717, 1.165) is 11.3 Å². The Morgan fingerprint density at radius 1 is 1.14 bits per heavy atom. The lowest BCUT2D eigenvalue weighted by atomic mass is 10.1. The van der Waals surface area contributed by atoms with Gasteiger partial charge >= 0.3 is 0 Å². The Morgan fingerprint density at radius 3 is 2.71 bits per heavy atom. The first kappa shape index (κ1) is 17.8. The Labute approximate surface area is 161 Å². The van der Waals surface area contributed by atoms with Gasteiger partial charge in [-0.1, -0.05) is 0 Å². The molecule has 140 valence electrons. The number of nitrogens with one attached hydrogen (secondary N) is 1. The monoisotopic (exact) mass is 375 g/mol. The third kappa shape index (κ3) is 3.88. The largest absolute Gasteiger partial charge is 0.349 e. The minimum atomic E-state index is -0.290. The molecule has 0 aliphatic carbocycles. The van der Waals surface area contributed by atoms with Crippen molar-refractivity contribution >= 4 is 11.6 Å². The second-order valence-corrected chi connectivity index (χ2v) is 6.59. The van der Waals surface area contributed by atoms with E-state index in [1.54, 1.807) is 53.5 Å². The van der Waals surface area contributed by atoms with Crippen LogP contribution < -0.4 is 5.32 Å². The lowest BCUT2D eigenvalue weighted by Crippen LogP contribution is -2.34. The van der Waals surface area contributed by atoms with Gasteiger partial charge in [-0.25, -0.2) is 9.37 Å². The zero-order valence-electron chi connectivity index (χ0n) is 15.2. The molecule has 0 aliphatic heterocycles. The van der Waals surface area contributed by atoms with Crippen LogP contribution in [0.5, 0.6) is 0 Å². The Morgan fingerprint density at radius 2 is 1.96 bits per heavy atom. The molecule has 0 spiro atoms. The van der Waals surface area contributed by atoms with Gasteiger partial charge in [0.2, 0.25) is 0 Å². The first-order valence-corrected chi connectivity index (χ1v) is 8.89. The van der Waals surface area contributed by atoms with E-state index < -0.39 is 0 Å². The van der Waals surface area contributed by atoms with Gasteiger partial charge in [0, 0.05) is 49.0 Å². The van der Waals surface area contributed by atoms with Crippen molar-refractivity contribution in [3.8, 4) is 11.3 Å². The Balaban J connectivity index is 1.50. The van der Waals surface area contributed by atoms with Gasteiger partial charge in [0.25, 0.3) is 5.91 Å². The van der Waals surface area contributed by atoms with E-state index >= 15 is 0 Å². The van der Waals surface area contributed by atoms with Crippen LogP contribution in [0.4, 0.5) is 4.39 Å². The molecule has 0 unspecified atom stereocenters. The number of nitrogens with zero attached hydrogens (tertiary/aromatic N) is 4. The number of hydrogen-bond acceptors (Lipinski definition) is 4. The number of carbonyl (C=O) groups excluding carboxylic acids is 1. The van der Waals surface area contributed by atoms with Crippen LogP contribution in [0, 0.1) is 5.82 Å². The van der Waals surface area contributed by atoms with E-state index in [1.807, 2.05) is 13.1 Å². The highest BCUT2D eigenvalue weighted by Gasteiger charge is 2.13. The minimum Gasteiger partial charge on any atom is -0.349 e. The second kappa shape index (κ2) is 7.56. The average molecular weight is 375 g/mol. The Bertz CT molecular complexity index is 1110. The van der Waals surface area contributed by atoms with Crippen molar-refractivity contribution in [2.45, 2.75) is 19.4 Å². The summed E-state index contributed by atoms with van der Waals surface area (Å²) in [4.78, 5) is 25.4. The molecule has 6 nitrogen and oxygen atoms in total. The van der Waals surface area contributed by atoms with E-state index in [1.165, 1.54) is 12.1 Å². The summed E-state index contributed by atoms with van der Waals surface area (Å²) >= 11 is 0. The van der Waals surface area contributed by atoms with Gasteiger partial charge in [0.05, 0.1) is 17.0 Å². The molecule has 28 heavy (non-hydrogen) atoms. The number of imidazole rings is 1. The predicted octanol–water partition coefficient (Wildman–Crippen LogP) is 3.29. The summed E-state index contributed by atoms with van der Waals surface area (Å²) < 4.78 is 14.9. The molecule has 0 saturated carbocycles. The lowest BCUT2D eigenvalue weighted by Gasteiger charge is -2.13. The van der Waals surface area contributed by atoms with Crippen molar-refractivity contribution in [1.29, 1.82) is 0 Å². The number of benzene rings is 1. The molecule has 0 aliphatic rings. The summed E-state index contributed by atoms with van der Waals surface area (Å²) in [7, 11) is 0. The van der Waals surface area contributed by atoms with E-state index in [9.17, 15) is 9.18 Å². The number of hydrogen-bond donors (Lipinski definition) is 1. The van der Waals surface area contributed by atoms with Crippen LogP contribution in [-0.2, 0) is 6.42 Å². The summed E-state index contributed by atoms with van der Waals surface area (Å²) in [5.41, 5.74) is 3.59. The molecule has 1 N–H and O–H groups in total. The standard InChI is InChI=1S/C21H18FN5O/c1-14(10-18-11-23-8-9-24-18)25-21(28)16-4-7-20-26-19(13-27(20)12-16)15-2-5-17(22)6-3-15/h2-9,11-14H,10H2,1H3,(H,25,28)/t14-/m1/s1. The van der Waals surface area contributed by atoms with Crippen LogP contribution in [0.25, 0.3) is 16.9 Å².